The van der Waals surface area contributed by atoms with Gasteiger partial charge in [0.15, 0.2) is 0 Å². The number of nitrogens with two attached hydrogens (primary N) is 1. The van der Waals surface area contributed by atoms with E-state index in [9.17, 15) is 9.90 Å². The van der Waals surface area contributed by atoms with Crippen molar-refractivity contribution in [3.05, 3.63) is 40.7 Å². The molecule has 0 saturated carbocycles. The number of carbonyl (C=O) groups is 1. The minimum Gasteiger partial charge on any atom is -0.478 e. The number of nitrogen functional groups attached to an aromatic ring is 1. The lowest BCUT2D eigenvalue weighted by Crippen LogP contribution is -1.99. The first-order valence-electron chi connectivity index (χ1n) is 6.11. The second kappa shape index (κ2) is 5.26. The molecule has 0 saturated heterocycles. The molecule has 7 heteroatoms. The van der Waals surface area contributed by atoms with Crippen molar-refractivity contribution in [1.29, 1.82) is 5.26 Å². The lowest BCUT2D eigenvalue weighted by Gasteiger charge is -1.98. The van der Waals surface area contributed by atoms with Gasteiger partial charge in [0.25, 0.3) is 0 Å². The Labute approximate surface area is 133 Å². The van der Waals surface area contributed by atoms with Crippen LogP contribution in [-0.4, -0.2) is 16.1 Å². The Hall–Kier alpha value is -2.69. The van der Waals surface area contributed by atoms with E-state index in [2.05, 4.69) is 11.6 Å². The topological polar surface area (TPSA) is 100 Å². The maximum Gasteiger partial charge on any atom is 0.338 e. The van der Waals surface area contributed by atoms with Crippen LogP contribution in [0.1, 0.15) is 15.2 Å². The third kappa shape index (κ3) is 2.24. The molecule has 3 N–H and O–H groups in total. The van der Waals surface area contributed by atoms with Gasteiger partial charge in [0.1, 0.15) is 5.82 Å². The van der Waals surface area contributed by atoms with Gasteiger partial charge in [0, 0.05) is 32.3 Å². The van der Waals surface area contributed by atoms with Crippen molar-refractivity contribution < 1.29 is 9.90 Å². The number of rotatable bonds is 3. The van der Waals surface area contributed by atoms with Gasteiger partial charge < -0.3 is 10.8 Å². The van der Waals surface area contributed by atoms with Crippen LogP contribution in [0.3, 0.4) is 0 Å². The van der Waals surface area contributed by atoms with Gasteiger partial charge in [0.2, 0.25) is 0 Å². The van der Waals surface area contributed by atoms with Crippen LogP contribution in [0, 0.1) is 11.3 Å². The van der Waals surface area contributed by atoms with Crippen LogP contribution in [0.2, 0.25) is 0 Å². The molecule has 3 aromatic heterocycles. The lowest BCUT2D eigenvalue weighted by atomic mass is 10.2. The van der Waals surface area contributed by atoms with Gasteiger partial charge in [-0.3, -0.25) is 0 Å². The fourth-order valence-corrected chi connectivity index (χ4v) is 4.08. The van der Waals surface area contributed by atoms with E-state index in [0.29, 0.717) is 21.5 Å². The first kappa shape index (κ1) is 14.3. The minimum atomic E-state index is -1.03. The Morgan fingerprint density at radius 2 is 2.23 bits per heavy atom. The average Bonchev–Trinajstić information content (AvgIpc) is 3.13. The van der Waals surface area contributed by atoms with E-state index in [1.165, 1.54) is 28.9 Å². The van der Waals surface area contributed by atoms with E-state index >= 15 is 0 Å². The number of pyridine rings is 1. The summed E-state index contributed by atoms with van der Waals surface area (Å²) in [4.78, 5) is 16.9. The molecule has 0 radical (unpaired) electrons. The Morgan fingerprint density at radius 3 is 2.91 bits per heavy atom. The fourth-order valence-electron chi connectivity index (χ4n) is 2.02. The molecule has 0 amide bonds. The summed E-state index contributed by atoms with van der Waals surface area (Å²) in [7, 11) is 0. The monoisotopic (exact) mass is 327 g/mol. The van der Waals surface area contributed by atoms with Crippen molar-refractivity contribution >= 4 is 50.1 Å². The zero-order chi connectivity index (χ0) is 15.9. The summed E-state index contributed by atoms with van der Waals surface area (Å²) in [6.45, 7) is 3.69. The molecule has 3 aromatic rings. The van der Waals surface area contributed by atoms with Crippen molar-refractivity contribution in [2.24, 2.45) is 0 Å². The summed E-state index contributed by atoms with van der Waals surface area (Å²) in [5.74, 6) is -0.728. The number of anilines is 1. The first-order chi connectivity index (χ1) is 10.5. The molecule has 0 aliphatic rings. The van der Waals surface area contributed by atoms with Crippen LogP contribution in [0.5, 0.6) is 0 Å². The van der Waals surface area contributed by atoms with Crippen LogP contribution in [0.4, 0.5) is 5.82 Å². The van der Waals surface area contributed by atoms with Crippen molar-refractivity contribution in [1.82, 2.24) is 4.98 Å². The summed E-state index contributed by atoms with van der Waals surface area (Å²) in [6, 6.07) is 5.71. The molecule has 108 valence electrons. The summed E-state index contributed by atoms with van der Waals surface area (Å²) >= 11 is 2.77. The Balaban J connectivity index is 2.17. The summed E-state index contributed by atoms with van der Waals surface area (Å²) in [5.41, 5.74) is 7.29. The molecule has 0 aliphatic heterocycles. The highest BCUT2D eigenvalue weighted by molar-refractivity contribution is 7.23. The molecular weight excluding hydrogens is 318 g/mol. The predicted octanol–water partition coefficient (Wildman–Crippen LogP) is 3.84. The predicted molar refractivity (Wildman–Crippen MR) is 89.0 cm³/mol. The van der Waals surface area contributed by atoms with Crippen molar-refractivity contribution in [2.75, 3.05) is 5.73 Å². The SMILES string of the molecule is C=C(C#N)c1cc(-c2cc3c(N)ncc(C(=O)O)c3s2)cs1. The Bertz CT molecular complexity index is 963. The highest BCUT2D eigenvalue weighted by atomic mass is 32.1. The lowest BCUT2D eigenvalue weighted by molar-refractivity contribution is 0.0699. The molecule has 0 bridgehead atoms. The Morgan fingerprint density at radius 1 is 1.45 bits per heavy atom. The molecule has 22 heavy (non-hydrogen) atoms. The molecule has 3 heterocycles. The maximum atomic E-state index is 11.3. The van der Waals surface area contributed by atoms with Gasteiger partial charge in [-0.1, -0.05) is 6.58 Å². The molecule has 0 spiro atoms. The second-order valence-corrected chi connectivity index (χ2v) is 6.47. The molecule has 0 atom stereocenters. The van der Waals surface area contributed by atoms with Gasteiger partial charge in [-0.05, 0) is 12.1 Å². The number of carboxylic acid groups (broad SMARTS) is 1. The highest BCUT2D eigenvalue weighted by Gasteiger charge is 2.16. The molecule has 0 fully saturated rings. The first-order valence-corrected chi connectivity index (χ1v) is 7.80. The molecule has 0 unspecified atom stereocenters. The minimum absolute atomic E-state index is 0.136. The third-order valence-electron chi connectivity index (χ3n) is 3.13. The van der Waals surface area contributed by atoms with E-state index in [1.807, 2.05) is 23.6 Å². The largest absolute Gasteiger partial charge is 0.478 e. The zero-order valence-corrected chi connectivity index (χ0v) is 12.8. The van der Waals surface area contributed by atoms with Crippen molar-refractivity contribution in [2.45, 2.75) is 0 Å². The highest BCUT2D eigenvalue weighted by Crippen LogP contribution is 2.39. The van der Waals surface area contributed by atoms with Gasteiger partial charge in [-0.15, -0.1) is 22.7 Å². The van der Waals surface area contributed by atoms with Crippen molar-refractivity contribution in [3.63, 3.8) is 0 Å². The zero-order valence-electron chi connectivity index (χ0n) is 11.2. The van der Waals surface area contributed by atoms with Crippen molar-refractivity contribution in [3.8, 4) is 16.5 Å². The van der Waals surface area contributed by atoms with E-state index in [0.717, 1.165) is 15.3 Å². The number of carboxylic acids is 1. The number of aromatic nitrogens is 1. The third-order valence-corrected chi connectivity index (χ3v) is 5.34. The molecule has 3 rings (SSSR count). The summed E-state index contributed by atoms with van der Waals surface area (Å²) in [5, 5.41) is 20.7. The molecule has 0 aromatic carbocycles. The fraction of sp³-hybridized carbons (Fsp3) is 0. The van der Waals surface area contributed by atoms with Gasteiger partial charge in [-0.25, -0.2) is 9.78 Å². The number of fused-ring (bicyclic) bond motifs is 1. The summed E-state index contributed by atoms with van der Waals surface area (Å²) in [6.07, 6.45) is 1.27. The number of nitriles is 1. The van der Waals surface area contributed by atoms with E-state index in [-0.39, 0.29) is 5.56 Å². The molecular formula is C15H9N3O2S2. The number of aromatic carboxylic acids is 1. The van der Waals surface area contributed by atoms with E-state index in [4.69, 9.17) is 11.0 Å². The normalized spacial score (nSPS) is 10.5. The number of thiophene rings is 2. The van der Waals surface area contributed by atoms with Crippen LogP contribution in [0.15, 0.2) is 30.3 Å². The molecule has 0 aliphatic carbocycles. The van der Waals surface area contributed by atoms with E-state index in [1.54, 1.807) is 0 Å². The number of allylic oxidation sites excluding steroid dienone is 1. The number of hydrogen-bond donors (Lipinski definition) is 2. The second-order valence-electron chi connectivity index (χ2n) is 4.51. The standard InChI is InChI=1S/C15H9N3O2S2/c1-7(4-16)11-2-8(6-21-11)12-3-9-13(22-12)10(15(19)20)5-18-14(9)17/h2-3,5-6H,1H2,(H2,17,18)(H,19,20). The molecule has 5 nitrogen and oxygen atoms in total. The van der Waals surface area contributed by atoms with Crippen LogP contribution in [-0.2, 0) is 0 Å². The summed E-state index contributed by atoms with van der Waals surface area (Å²) < 4.78 is 0.599. The van der Waals surface area contributed by atoms with E-state index < -0.39 is 5.97 Å². The average molecular weight is 327 g/mol. The Kier molecular flexibility index (Phi) is 3.41. The number of nitrogens with zero attached hydrogens (tertiary/aromatic N) is 2. The maximum absolute atomic E-state index is 11.3. The van der Waals surface area contributed by atoms with Crippen LogP contribution >= 0.6 is 22.7 Å². The quantitative estimate of drug-likeness (QED) is 0.712. The number of hydrogen-bond acceptors (Lipinski definition) is 6. The van der Waals surface area contributed by atoms with Crippen LogP contribution < -0.4 is 5.73 Å². The van der Waals surface area contributed by atoms with Gasteiger partial charge in [0.05, 0.1) is 21.9 Å². The van der Waals surface area contributed by atoms with Gasteiger partial charge in [-0.2, -0.15) is 5.26 Å². The van der Waals surface area contributed by atoms with Gasteiger partial charge >= 0.3 is 5.97 Å². The van der Waals surface area contributed by atoms with Crippen LogP contribution in [0.25, 0.3) is 26.1 Å². The smallest absolute Gasteiger partial charge is 0.338 e.